The molecule has 1 saturated heterocycles. The Morgan fingerprint density at radius 3 is 2.47 bits per heavy atom. The molecule has 0 unspecified atom stereocenters. The molecule has 1 aromatic heterocycles. The van der Waals surface area contributed by atoms with Gasteiger partial charge in [-0.2, -0.15) is 0 Å². The number of likely N-dealkylation sites (tertiary alicyclic amines) is 1. The van der Waals surface area contributed by atoms with Crippen molar-refractivity contribution < 1.29 is 14.7 Å². The van der Waals surface area contributed by atoms with E-state index in [1.165, 1.54) is 16.2 Å². The van der Waals surface area contributed by atoms with Gasteiger partial charge in [0, 0.05) is 19.0 Å². The molecule has 0 bridgehead atoms. The minimum atomic E-state index is -0.907. The third-order valence-corrected chi connectivity index (χ3v) is 4.20. The van der Waals surface area contributed by atoms with Crippen LogP contribution in [-0.2, 0) is 0 Å². The van der Waals surface area contributed by atoms with Crippen LogP contribution in [0.15, 0.2) is 12.1 Å². The van der Waals surface area contributed by atoms with Crippen molar-refractivity contribution in [2.24, 2.45) is 5.92 Å². The fourth-order valence-electron chi connectivity index (χ4n) is 1.98. The van der Waals surface area contributed by atoms with Gasteiger partial charge in [-0.25, -0.2) is 4.79 Å². The molecule has 1 aromatic rings. The van der Waals surface area contributed by atoms with Crippen molar-refractivity contribution in [2.45, 2.75) is 12.8 Å². The van der Waals surface area contributed by atoms with E-state index < -0.39 is 6.09 Å². The lowest BCUT2D eigenvalue weighted by Gasteiger charge is -2.28. The standard InChI is InChI=1S/C11H12ClNO3S/c12-9-2-1-8(17-9)10(14)7-3-5-13(6-4-7)11(15)16/h1-2,7H,3-6H2,(H,15,16). The third kappa shape index (κ3) is 2.79. The Morgan fingerprint density at radius 1 is 1.35 bits per heavy atom. The Morgan fingerprint density at radius 2 is 2.00 bits per heavy atom. The van der Waals surface area contributed by atoms with Gasteiger partial charge in [0.1, 0.15) is 0 Å². The number of carboxylic acid groups (broad SMARTS) is 1. The number of hydrogen-bond acceptors (Lipinski definition) is 3. The lowest BCUT2D eigenvalue weighted by atomic mass is 9.92. The molecule has 1 fully saturated rings. The van der Waals surface area contributed by atoms with Gasteiger partial charge < -0.3 is 10.0 Å². The average molecular weight is 274 g/mol. The molecular weight excluding hydrogens is 262 g/mol. The fourth-order valence-corrected chi connectivity index (χ4v) is 3.04. The summed E-state index contributed by atoms with van der Waals surface area (Å²) in [5, 5.41) is 8.81. The van der Waals surface area contributed by atoms with Gasteiger partial charge in [0.25, 0.3) is 0 Å². The summed E-state index contributed by atoms with van der Waals surface area (Å²) in [5.41, 5.74) is 0. The molecule has 1 N–H and O–H groups in total. The van der Waals surface area contributed by atoms with Crippen molar-refractivity contribution in [1.82, 2.24) is 4.90 Å². The minimum absolute atomic E-state index is 0.0692. The van der Waals surface area contributed by atoms with Gasteiger partial charge in [-0.15, -0.1) is 11.3 Å². The van der Waals surface area contributed by atoms with E-state index in [0.29, 0.717) is 35.1 Å². The number of hydrogen-bond donors (Lipinski definition) is 1. The zero-order valence-electron chi connectivity index (χ0n) is 9.06. The van der Waals surface area contributed by atoms with E-state index in [-0.39, 0.29) is 11.7 Å². The average Bonchev–Trinajstić information content (AvgIpc) is 2.75. The van der Waals surface area contributed by atoms with E-state index in [1.807, 2.05) is 0 Å². The largest absolute Gasteiger partial charge is 0.465 e. The molecule has 0 radical (unpaired) electrons. The number of carbonyl (C=O) groups excluding carboxylic acids is 1. The normalized spacial score (nSPS) is 17.1. The SMILES string of the molecule is O=C(c1ccc(Cl)s1)C1CCN(C(=O)O)CC1. The molecule has 17 heavy (non-hydrogen) atoms. The summed E-state index contributed by atoms with van der Waals surface area (Å²) in [6.45, 7) is 0.871. The van der Waals surface area contributed by atoms with E-state index in [2.05, 4.69) is 0 Å². The van der Waals surface area contributed by atoms with Crippen LogP contribution in [0.2, 0.25) is 4.34 Å². The van der Waals surface area contributed by atoms with Crippen LogP contribution in [0.25, 0.3) is 0 Å². The number of nitrogens with zero attached hydrogens (tertiary/aromatic N) is 1. The molecule has 0 saturated carbocycles. The smallest absolute Gasteiger partial charge is 0.407 e. The van der Waals surface area contributed by atoms with E-state index in [4.69, 9.17) is 16.7 Å². The second kappa shape index (κ2) is 5.06. The summed E-state index contributed by atoms with van der Waals surface area (Å²) < 4.78 is 0.608. The van der Waals surface area contributed by atoms with Crippen LogP contribution < -0.4 is 0 Å². The molecule has 92 valence electrons. The maximum absolute atomic E-state index is 12.1. The zero-order valence-corrected chi connectivity index (χ0v) is 10.6. The predicted molar refractivity (Wildman–Crippen MR) is 66.0 cm³/mol. The van der Waals surface area contributed by atoms with Crippen LogP contribution in [0.4, 0.5) is 4.79 Å². The quantitative estimate of drug-likeness (QED) is 0.843. The van der Waals surface area contributed by atoms with Gasteiger partial charge in [0.2, 0.25) is 0 Å². The van der Waals surface area contributed by atoms with E-state index >= 15 is 0 Å². The topological polar surface area (TPSA) is 57.6 Å². The first-order valence-corrected chi connectivity index (χ1v) is 6.55. The van der Waals surface area contributed by atoms with Crippen LogP contribution in [0.1, 0.15) is 22.5 Å². The fraction of sp³-hybridized carbons (Fsp3) is 0.455. The van der Waals surface area contributed by atoms with Gasteiger partial charge in [0.15, 0.2) is 5.78 Å². The van der Waals surface area contributed by atoms with E-state index in [9.17, 15) is 9.59 Å². The molecule has 4 nitrogen and oxygen atoms in total. The van der Waals surface area contributed by atoms with E-state index in [1.54, 1.807) is 12.1 Å². The first-order chi connectivity index (χ1) is 8.08. The van der Waals surface area contributed by atoms with Gasteiger partial charge in [-0.1, -0.05) is 11.6 Å². The molecule has 0 spiro atoms. The monoisotopic (exact) mass is 273 g/mol. The number of piperidine rings is 1. The molecule has 1 aliphatic heterocycles. The number of Topliss-reactive ketones (excluding diaryl/α,β-unsaturated/α-hetero) is 1. The molecule has 0 aliphatic carbocycles. The molecule has 2 heterocycles. The van der Waals surface area contributed by atoms with Crippen molar-refractivity contribution in [2.75, 3.05) is 13.1 Å². The molecule has 1 amide bonds. The molecule has 2 rings (SSSR count). The number of rotatable bonds is 2. The Bertz CT molecular complexity index is 438. The Balaban J connectivity index is 1.97. The van der Waals surface area contributed by atoms with Gasteiger partial charge >= 0.3 is 6.09 Å². The molecular formula is C11H12ClNO3S. The van der Waals surface area contributed by atoms with Crippen molar-refractivity contribution in [3.63, 3.8) is 0 Å². The van der Waals surface area contributed by atoms with Crippen LogP contribution in [0.3, 0.4) is 0 Å². The summed E-state index contributed by atoms with van der Waals surface area (Å²) in [5.74, 6) is 0.0206. The van der Waals surface area contributed by atoms with Crippen molar-refractivity contribution in [1.29, 1.82) is 0 Å². The third-order valence-electron chi connectivity index (χ3n) is 2.95. The van der Waals surface area contributed by atoms with Gasteiger partial charge in [0.05, 0.1) is 9.21 Å². The Labute approximate surface area is 108 Å². The highest BCUT2D eigenvalue weighted by atomic mass is 35.5. The first-order valence-electron chi connectivity index (χ1n) is 5.35. The molecule has 1 aliphatic rings. The molecule has 0 aromatic carbocycles. The maximum atomic E-state index is 12.1. The van der Waals surface area contributed by atoms with Crippen LogP contribution >= 0.6 is 22.9 Å². The van der Waals surface area contributed by atoms with E-state index in [0.717, 1.165) is 0 Å². The zero-order chi connectivity index (χ0) is 12.4. The minimum Gasteiger partial charge on any atom is -0.465 e. The first kappa shape index (κ1) is 12.4. The van der Waals surface area contributed by atoms with Crippen molar-refractivity contribution in [3.05, 3.63) is 21.3 Å². The number of ketones is 1. The second-order valence-electron chi connectivity index (χ2n) is 4.01. The molecule has 6 heteroatoms. The highest BCUT2D eigenvalue weighted by molar-refractivity contribution is 7.18. The highest BCUT2D eigenvalue weighted by Gasteiger charge is 2.28. The number of halogens is 1. The van der Waals surface area contributed by atoms with Crippen molar-refractivity contribution in [3.8, 4) is 0 Å². The summed E-state index contributed by atoms with van der Waals surface area (Å²) in [6.07, 6.45) is 0.288. The summed E-state index contributed by atoms with van der Waals surface area (Å²) in [7, 11) is 0. The lowest BCUT2D eigenvalue weighted by Crippen LogP contribution is -2.39. The summed E-state index contributed by atoms with van der Waals surface area (Å²) in [4.78, 5) is 24.8. The van der Waals surface area contributed by atoms with Gasteiger partial charge in [-0.05, 0) is 25.0 Å². The second-order valence-corrected chi connectivity index (χ2v) is 5.73. The summed E-state index contributed by atoms with van der Waals surface area (Å²) in [6, 6.07) is 3.45. The number of amides is 1. The predicted octanol–water partition coefficient (Wildman–Crippen LogP) is 2.97. The number of thiophene rings is 1. The Hall–Kier alpha value is -1.07. The maximum Gasteiger partial charge on any atom is 0.407 e. The van der Waals surface area contributed by atoms with Crippen LogP contribution in [-0.4, -0.2) is 35.0 Å². The lowest BCUT2D eigenvalue weighted by molar-refractivity contribution is 0.0825. The van der Waals surface area contributed by atoms with Crippen molar-refractivity contribution >= 4 is 34.8 Å². The Kier molecular flexibility index (Phi) is 3.69. The molecule has 0 atom stereocenters. The number of carbonyl (C=O) groups is 2. The highest BCUT2D eigenvalue weighted by Crippen LogP contribution is 2.27. The van der Waals surface area contributed by atoms with Crippen LogP contribution in [0, 0.1) is 5.92 Å². The summed E-state index contributed by atoms with van der Waals surface area (Å²) >= 11 is 7.07. The van der Waals surface area contributed by atoms with Gasteiger partial charge in [-0.3, -0.25) is 4.79 Å². The van der Waals surface area contributed by atoms with Crippen LogP contribution in [0.5, 0.6) is 0 Å².